The van der Waals surface area contributed by atoms with Crippen LogP contribution in [0.3, 0.4) is 0 Å². The molecule has 21 heavy (non-hydrogen) atoms. The SMILES string of the molecule is O=C(CCc1cccs1)N[C@@H](C(=O)O)c1ccccc1Cl. The predicted octanol–water partition coefficient (Wildman–Crippen LogP) is 3.28. The number of aliphatic carboxylic acids is 1. The number of hydrogen-bond donors (Lipinski definition) is 2. The summed E-state index contributed by atoms with van der Waals surface area (Å²) in [5.74, 6) is -1.44. The van der Waals surface area contributed by atoms with Gasteiger partial charge in [0.2, 0.25) is 5.91 Å². The van der Waals surface area contributed by atoms with Crippen LogP contribution < -0.4 is 5.32 Å². The van der Waals surface area contributed by atoms with Gasteiger partial charge in [0.05, 0.1) is 0 Å². The van der Waals surface area contributed by atoms with Crippen LogP contribution >= 0.6 is 22.9 Å². The molecule has 0 fully saturated rings. The Kier molecular flexibility index (Phi) is 5.36. The van der Waals surface area contributed by atoms with Crippen molar-refractivity contribution in [2.24, 2.45) is 0 Å². The zero-order valence-corrected chi connectivity index (χ0v) is 12.7. The Labute approximate surface area is 131 Å². The van der Waals surface area contributed by atoms with Crippen molar-refractivity contribution in [2.75, 3.05) is 0 Å². The van der Waals surface area contributed by atoms with Gasteiger partial charge < -0.3 is 10.4 Å². The van der Waals surface area contributed by atoms with Crippen LogP contribution in [-0.4, -0.2) is 17.0 Å². The average Bonchev–Trinajstić information content (AvgIpc) is 2.96. The molecule has 0 spiro atoms. The summed E-state index contributed by atoms with van der Waals surface area (Å²) in [5, 5.41) is 14.1. The topological polar surface area (TPSA) is 66.4 Å². The lowest BCUT2D eigenvalue weighted by Crippen LogP contribution is -2.34. The molecule has 1 aromatic heterocycles. The van der Waals surface area contributed by atoms with Crippen LogP contribution in [-0.2, 0) is 16.0 Å². The minimum absolute atomic E-state index is 0.245. The molecule has 0 aliphatic rings. The van der Waals surface area contributed by atoms with Gasteiger partial charge in [-0.2, -0.15) is 0 Å². The third kappa shape index (κ3) is 4.31. The number of benzene rings is 1. The monoisotopic (exact) mass is 323 g/mol. The van der Waals surface area contributed by atoms with Gasteiger partial charge in [-0.05, 0) is 23.9 Å². The van der Waals surface area contributed by atoms with Crippen molar-refractivity contribution in [3.63, 3.8) is 0 Å². The zero-order chi connectivity index (χ0) is 15.2. The first-order chi connectivity index (χ1) is 10.1. The molecular weight excluding hydrogens is 310 g/mol. The van der Waals surface area contributed by atoms with E-state index in [9.17, 15) is 14.7 Å². The fourth-order valence-corrected chi connectivity index (χ4v) is 2.86. The lowest BCUT2D eigenvalue weighted by Gasteiger charge is -2.16. The number of carboxylic acids is 1. The number of thiophene rings is 1. The molecule has 2 rings (SSSR count). The lowest BCUT2D eigenvalue weighted by molar-refractivity contribution is -0.142. The summed E-state index contributed by atoms with van der Waals surface area (Å²) in [4.78, 5) is 24.4. The van der Waals surface area contributed by atoms with E-state index in [1.807, 2.05) is 17.5 Å². The number of aryl methyl sites for hydroxylation is 1. The summed E-state index contributed by atoms with van der Waals surface area (Å²) in [6, 6.07) is 9.33. The molecule has 0 bridgehead atoms. The highest BCUT2D eigenvalue weighted by molar-refractivity contribution is 7.09. The number of carbonyl (C=O) groups is 2. The smallest absolute Gasteiger partial charge is 0.330 e. The Balaban J connectivity index is 2.01. The lowest BCUT2D eigenvalue weighted by atomic mass is 10.1. The molecule has 0 unspecified atom stereocenters. The molecule has 0 aliphatic heterocycles. The third-order valence-electron chi connectivity index (χ3n) is 2.95. The van der Waals surface area contributed by atoms with Crippen molar-refractivity contribution >= 4 is 34.8 Å². The van der Waals surface area contributed by atoms with Crippen molar-refractivity contribution in [3.05, 3.63) is 57.2 Å². The van der Waals surface area contributed by atoms with Crippen molar-refractivity contribution in [1.29, 1.82) is 0 Å². The van der Waals surface area contributed by atoms with Crippen LogP contribution in [0.2, 0.25) is 5.02 Å². The molecular formula is C15H14ClNO3S. The Morgan fingerprint density at radius 1 is 1.24 bits per heavy atom. The molecule has 2 aromatic rings. The molecule has 1 heterocycles. The summed E-state index contributed by atoms with van der Waals surface area (Å²) < 4.78 is 0. The van der Waals surface area contributed by atoms with Crippen molar-refractivity contribution in [3.8, 4) is 0 Å². The molecule has 1 amide bonds. The van der Waals surface area contributed by atoms with Crippen LogP contribution in [0.4, 0.5) is 0 Å². The van der Waals surface area contributed by atoms with Gasteiger partial charge in [0.1, 0.15) is 0 Å². The number of carbonyl (C=O) groups excluding carboxylic acids is 1. The maximum Gasteiger partial charge on any atom is 0.330 e. The number of nitrogens with one attached hydrogen (secondary N) is 1. The maximum atomic E-state index is 11.9. The molecule has 0 saturated carbocycles. The summed E-state index contributed by atoms with van der Waals surface area (Å²) in [7, 11) is 0. The van der Waals surface area contributed by atoms with Crippen molar-refractivity contribution < 1.29 is 14.7 Å². The minimum Gasteiger partial charge on any atom is -0.479 e. The Hall–Kier alpha value is -1.85. The van der Waals surface area contributed by atoms with Gasteiger partial charge in [-0.15, -0.1) is 11.3 Å². The van der Waals surface area contributed by atoms with Crippen molar-refractivity contribution in [2.45, 2.75) is 18.9 Å². The van der Waals surface area contributed by atoms with E-state index in [1.54, 1.807) is 35.6 Å². The molecule has 1 aromatic carbocycles. The number of rotatable bonds is 6. The Morgan fingerprint density at radius 2 is 2.00 bits per heavy atom. The molecule has 0 saturated heterocycles. The average molecular weight is 324 g/mol. The first-order valence-electron chi connectivity index (χ1n) is 6.37. The second kappa shape index (κ2) is 7.24. The minimum atomic E-state index is -1.13. The number of hydrogen-bond acceptors (Lipinski definition) is 3. The van der Waals surface area contributed by atoms with E-state index < -0.39 is 12.0 Å². The first-order valence-corrected chi connectivity index (χ1v) is 7.62. The van der Waals surface area contributed by atoms with Gasteiger partial charge >= 0.3 is 5.97 Å². The maximum absolute atomic E-state index is 11.9. The van der Waals surface area contributed by atoms with Gasteiger partial charge in [-0.25, -0.2) is 4.79 Å². The van der Waals surface area contributed by atoms with Gasteiger partial charge in [0.15, 0.2) is 6.04 Å². The fourth-order valence-electron chi connectivity index (χ4n) is 1.91. The van der Waals surface area contributed by atoms with Gasteiger partial charge in [0.25, 0.3) is 0 Å². The number of carboxylic acid groups (broad SMARTS) is 1. The molecule has 1 atom stereocenters. The van der Waals surface area contributed by atoms with Crippen LogP contribution in [0.5, 0.6) is 0 Å². The highest BCUT2D eigenvalue weighted by Gasteiger charge is 2.23. The number of amides is 1. The second-order valence-corrected chi connectivity index (χ2v) is 5.88. The zero-order valence-electron chi connectivity index (χ0n) is 11.1. The normalized spacial score (nSPS) is 11.9. The highest BCUT2D eigenvalue weighted by Crippen LogP contribution is 2.23. The summed E-state index contributed by atoms with van der Waals surface area (Å²) in [6.07, 6.45) is 0.840. The van der Waals surface area contributed by atoms with Crippen LogP contribution in [0, 0.1) is 0 Å². The summed E-state index contributed by atoms with van der Waals surface area (Å²) in [6.45, 7) is 0. The van der Waals surface area contributed by atoms with Gasteiger partial charge in [-0.3, -0.25) is 4.79 Å². The van der Waals surface area contributed by atoms with E-state index in [-0.39, 0.29) is 12.3 Å². The fraction of sp³-hybridized carbons (Fsp3) is 0.200. The van der Waals surface area contributed by atoms with Crippen molar-refractivity contribution in [1.82, 2.24) is 5.32 Å². The Morgan fingerprint density at radius 3 is 2.62 bits per heavy atom. The summed E-state index contributed by atoms with van der Waals surface area (Å²) in [5.41, 5.74) is 0.385. The van der Waals surface area contributed by atoms with E-state index in [1.165, 1.54) is 0 Å². The van der Waals surface area contributed by atoms with Gasteiger partial charge in [-0.1, -0.05) is 35.9 Å². The standard InChI is InChI=1S/C15H14ClNO3S/c16-12-6-2-1-5-11(12)14(15(19)20)17-13(18)8-7-10-4-3-9-21-10/h1-6,9,14H,7-8H2,(H,17,18)(H,19,20)/t14-/m1/s1. The quantitative estimate of drug-likeness (QED) is 0.857. The molecule has 0 radical (unpaired) electrons. The van der Waals surface area contributed by atoms with E-state index >= 15 is 0 Å². The van der Waals surface area contributed by atoms with E-state index in [0.29, 0.717) is 17.0 Å². The van der Waals surface area contributed by atoms with Crippen LogP contribution in [0.15, 0.2) is 41.8 Å². The number of halogens is 1. The molecule has 110 valence electrons. The summed E-state index contributed by atoms with van der Waals surface area (Å²) >= 11 is 7.56. The Bertz CT molecular complexity index is 628. The molecule has 4 nitrogen and oxygen atoms in total. The van der Waals surface area contributed by atoms with E-state index in [4.69, 9.17) is 11.6 Å². The van der Waals surface area contributed by atoms with Gasteiger partial charge in [0, 0.05) is 21.9 Å². The van der Waals surface area contributed by atoms with Crippen LogP contribution in [0.25, 0.3) is 0 Å². The third-order valence-corrected chi connectivity index (χ3v) is 4.23. The van der Waals surface area contributed by atoms with E-state index in [2.05, 4.69) is 5.32 Å². The molecule has 6 heteroatoms. The highest BCUT2D eigenvalue weighted by atomic mass is 35.5. The molecule has 0 aliphatic carbocycles. The molecule has 2 N–H and O–H groups in total. The second-order valence-electron chi connectivity index (χ2n) is 4.44. The predicted molar refractivity (Wildman–Crippen MR) is 82.6 cm³/mol. The van der Waals surface area contributed by atoms with E-state index in [0.717, 1.165) is 4.88 Å². The first kappa shape index (κ1) is 15.5. The largest absolute Gasteiger partial charge is 0.479 e. The van der Waals surface area contributed by atoms with Crippen LogP contribution in [0.1, 0.15) is 22.9 Å².